The number of methoxy groups -OCH3 is 2. The molecule has 0 aliphatic heterocycles. The third-order valence-electron chi connectivity index (χ3n) is 19.1. The van der Waals surface area contributed by atoms with E-state index in [-0.39, 0.29) is 55.4 Å². The molecule has 100 heavy (non-hydrogen) atoms. The molecule has 0 unspecified atom stereocenters. The zero-order valence-corrected chi connectivity index (χ0v) is 61.2. The van der Waals surface area contributed by atoms with Gasteiger partial charge in [-0.3, -0.25) is 0 Å². The summed E-state index contributed by atoms with van der Waals surface area (Å²) < 4.78 is 10.6. The van der Waals surface area contributed by atoms with E-state index in [2.05, 4.69) is 256 Å². The van der Waals surface area contributed by atoms with E-state index in [9.17, 15) is 0 Å². The minimum absolute atomic E-state index is 0. The van der Waals surface area contributed by atoms with Gasteiger partial charge < -0.3 is 9.47 Å². The van der Waals surface area contributed by atoms with Crippen LogP contribution in [-0.4, -0.2) is 14.2 Å². The minimum Gasteiger partial charge on any atom is -0.497 e. The Balaban J connectivity index is -0.00000114. The Morgan fingerprint density at radius 3 is 0.930 bits per heavy atom. The van der Waals surface area contributed by atoms with Crippen LogP contribution in [0.25, 0.3) is 11.1 Å². The number of hydrogen-bond acceptors (Lipinski definition) is 2. The summed E-state index contributed by atoms with van der Waals surface area (Å²) in [6, 6.07) is 80.1. The van der Waals surface area contributed by atoms with Gasteiger partial charge in [0, 0.05) is 10.8 Å². The first kappa shape index (κ1) is 97.5. The average Bonchev–Trinajstić information content (AvgIpc) is 0.782. The number of ether oxygens (including phenoxy) is 2. The molecule has 0 heterocycles. The van der Waals surface area contributed by atoms with Crippen molar-refractivity contribution in [3.8, 4) is 22.6 Å². The first-order valence-corrected chi connectivity index (χ1v) is 37.8. The maximum atomic E-state index is 5.28. The van der Waals surface area contributed by atoms with Crippen LogP contribution in [0, 0.1) is 5.92 Å². The molecule has 1 aliphatic rings. The normalized spacial score (nSPS) is 11.6. The summed E-state index contributed by atoms with van der Waals surface area (Å²) in [6.45, 7) is 18.2. The van der Waals surface area contributed by atoms with Gasteiger partial charge in [0.15, 0.2) is 0 Å². The van der Waals surface area contributed by atoms with Gasteiger partial charge in [-0.1, -0.05) is 435 Å². The van der Waals surface area contributed by atoms with Crippen molar-refractivity contribution in [1.29, 1.82) is 0 Å². The zero-order chi connectivity index (χ0) is 67.4. The summed E-state index contributed by atoms with van der Waals surface area (Å²) in [7, 11) is 3.41. The highest BCUT2D eigenvalue weighted by Gasteiger charge is 2.37. The largest absolute Gasteiger partial charge is 0.497 e. The summed E-state index contributed by atoms with van der Waals surface area (Å²) in [5, 5.41) is 0. The van der Waals surface area contributed by atoms with Crippen LogP contribution in [0.15, 0.2) is 224 Å². The predicted molar refractivity (Wildman–Crippen MR) is 455 cm³/mol. The van der Waals surface area contributed by atoms with E-state index < -0.39 is 0 Å². The fraction of sp³-hybridized carbons (Fsp3) is 0.510. The van der Waals surface area contributed by atoms with Gasteiger partial charge in [0.05, 0.1) is 14.2 Å². The zero-order valence-electron chi connectivity index (χ0n) is 61.2. The number of unbranched alkanes of at least 4 members (excludes halogenated alkanes) is 18. The van der Waals surface area contributed by atoms with E-state index in [0.717, 1.165) is 23.8 Å². The molecule has 1 saturated carbocycles. The van der Waals surface area contributed by atoms with Crippen LogP contribution >= 0.6 is 0 Å². The van der Waals surface area contributed by atoms with Crippen molar-refractivity contribution >= 4 is 0 Å². The van der Waals surface area contributed by atoms with Crippen LogP contribution in [0.1, 0.15) is 319 Å². The minimum atomic E-state index is 0. The highest BCUT2D eigenvalue weighted by atomic mass is 16.5. The highest BCUT2D eigenvalue weighted by Crippen LogP contribution is 2.46. The molecule has 0 aromatic heterocycles. The lowest BCUT2D eigenvalue weighted by molar-refractivity contribution is 0.280. The Morgan fingerprint density at radius 1 is 0.310 bits per heavy atom. The Kier molecular flexibility index (Phi) is 60.6. The average molecular weight is 1360 g/mol. The van der Waals surface area contributed by atoms with Gasteiger partial charge >= 0.3 is 0 Å². The van der Waals surface area contributed by atoms with E-state index in [1.807, 2.05) is 24.3 Å². The van der Waals surface area contributed by atoms with Gasteiger partial charge in [0.2, 0.25) is 0 Å². The van der Waals surface area contributed by atoms with Crippen molar-refractivity contribution in [3.63, 3.8) is 0 Å². The van der Waals surface area contributed by atoms with Crippen LogP contribution in [0.3, 0.4) is 0 Å². The summed E-state index contributed by atoms with van der Waals surface area (Å²) in [5.41, 5.74) is 12.9. The first-order valence-electron chi connectivity index (χ1n) is 37.8. The number of aryl methyl sites for hydroxylation is 3. The molecule has 0 bridgehead atoms. The SMILES string of the molecule is C.C.C.C.C.C.CC1CCC(c2ccccc2)(c2ccccc2)CC1.CCCCC(C)(c1ccc(OC)cc1)c1ccc(OC)cc1.CCCCCCCCC.CCCCCCCCCCCc1ccccc1.CCCCCCc1ccccc1.CCCc1ccc(-c2ccccc2)cc1. The second-order valence-electron chi connectivity index (χ2n) is 26.8. The molecule has 0 saturated heterocycles. The first-order chi connectivity index (χ1) is 46.1. The molecule has 2 nitrogen and oxygen atoms in total. The maximum Gasteiger partial charge on any atom is 0.118 e. The lowest BCUT2D eigenvalue weighted by Crippen LogP contribution is -2.32. The van der Waals surface area contributed by atoms with Gasteiger partial charge in [-0.05, 0) is 144 Å². The maximum absolute atomic E-state index is 5.28. The van der Waals surface area contributed by atoms with E-state index in [1.165, 1.54) is 243 Å². The molecule has 0 amide bonds. The molecule has 8 aromatic carbocycles. The summed E-state index contributed by atoms with van der Waals surface area (Å²) in [5.74, 6) is 2.67. The van der Waals surface area contributed by atoms with Crippen LogP contribution in [0.2, 0.25) is 0 Å². The molecule has 9 rings (SSSR count). The Morgan fingerprint density at radius 2 is 0.600 bits per heavy atom. The van der Waals surface area contributed by atoms with Crippen LogP contribution in [-0.2, 0) is 30.1 Å². The van der Waals surface area contributed by atoms with Gasteiger partial charge in [-0.15, -0.1) is 0 Å². The summed E-state index contributed by atoms with van der Waals surface area (Å²) >= 11 is 0. The number of hydrogen-bond donors (Lipinski definition) is 0. The highest BCUT2D eigenvalue weighted by molar-refractivity contribution is 5.63. The van der Waals surface area contributed by atoms with Gasteiger partial charge in [0.1, 0.15) is 11.5 Å². The molecule has 0 N–H and O–H groups in total. The van der Waals surface area contributed by atoms with Gasteiger partial charge in [-0.25, -0.2) is 0 Å². The summed E-state index contributed by atoms with van der Waals surface area (Å²) in [4.78, 5) is 0. The molecule has 1 aliphatic carbocycles. The smallest absolute Gasteiger partial charge is 0.118 e. The van der Waals surface area contributed by atoms with Crippen molar-refractivity contribution in [2.24, 2.45) is 5.92 Å². The lowest BCUT2D eigenvalue weighted by Gasteiger charge is -2.40. The summed E-state index contributed by atoms with van der Waals surface area (Å²) in [6.07, 6.45) is 41.8. The fourth-order valence-corrected chi connectivity index (χ4v) is 12.9. The van der Waals surface area contributed by atoms with Crippen molar-refractivity contribution < 1.29 is 9.47 Å². The topological polar surface area (TPSA) is 18.5 Å². The monoisotopic (exact) mass is 1360 g/mol. The van der Waals surface area contributed by atoms with Crippen molar-refractivity contribution in [2.45, 2.75) is 310 Å². The second kappa shape index (κ2) is 62.2. The van der Waals surface area contributed by atoms with E-state index >= 15 is 0 Å². The third kappa shape index (κ3) is 39.0. The van der Waals surface area contributed by atoms with E-state index in [4.69, 9.17) is 9.47 Å². The quantitative estimate of drug-likeness (QED) is 0.0382. The van der Waals surface area contributed by atoms with Crippen LogP contribution < -0.4 is 9.47 Å². The molecule has 0 spiro atoms. The second-order valence-corrected chi connectivity index (χ2v) is 26.8. The molecule has 558 valence electrons. The molecule has 2 heteroatoms. The van der Waals surface area contributed by atoms with E-state index in [1.54, 1.807) is 14.2 Å². The molecule has 0 atom stereocenters. The molecule has 1 fully saturated rings. The number of benzene rings is 8. The van der Waals surface area contributed by atoms with Gasteiger partial charge in [-0.2, -0.15) is 0 Å². The standard InChI is InChI=1S/C20H26O2.C19H22.C17H28.C15H16.C12H18.C9H20.6CH4/c1-5-6-15-20(2,16-7-11-18(21-3)12-8-16)17-9-13-19(22-4)14-10-17;1-16-12-14-19(15-13-16,17-8-4-2-5-9-17)18-10-6-3-7-11-18;1-2-3-4-5-6-7-8-9-11-14-17-15-12-10-13-16-17;1-2-6-13-9-11-15(12-10-13)14-7-4-3-5-8-14;1-2-3-4-6-9-12-10-7-5-8-11-12;1-3-5-7-9-8-6-4-2;;;;;;/h7-14H,5-6,15H2,1-4H3;2-11,16H,12-15H2,1H3;10,12-13,15-16H,2-9,11,14H2,1H3;3-5,7-12H,2,6H2,1H3;5,7-8,10-11H,2-4,6,9H2,1H3;3-9H2,1-2H3;6*1H4. The fourth-order valence-electron chi connectivity index (χ4n) is 12.9. The van der Waals surface area contributed by atoms with Crippen molar-refractivity contribution in [3.05, 3.63) is 263 Å². The predicted octanol–water partition coefficient (Wildman–Crippen LogP) is 31.8. The molecule has 0 radical (unpaired) electrons. The third-order valence-corrected chi connectivity index (χ3v) is 19.1. The molecular weight excluding hydrogens is 1210 g/mol. The molecule has 8 aromatic rings. The van der Waals surface area contributed by atoms with Crippen molar-refractivity contribution in [1.82, 2.24) is 0 Å². The molecular formula is C98H154O2. The van der Waals surface area contributed by atoms with Gasteiger partial charge in [0.25, 0.3) is 0 Å². The lowest BCUT2D eigenvalue weighted by atomic mass is 9.63. The Bertz CT molecular complexity index is 2850. The van der Waals surface area contributed by atoms with Crippen LogP contribution in [0.4, 0.5) is 0 Å². The van der Waals surface area contributed by atoms with E-state index in [0.29, 0.717) is 0 Å². The van der Waals surface area contributed by atoms with Crippen molar-refractivity contribution in [2.75, 3.05) is 14.2 Å². The Labute approximate surface area is 621 Å². The van der Waals surface area contributed by atoms with Crippen LogP contribution in [0.5, 0.6) is 11.5 Å². The number of rotatable bonds is 33. The Hall–Kier alpha value is -6.64.